The Bertz CT molecular complexity index is 1410. The highest BCUT2D eigenvalue weighted by Gasteiger charge is 2.77. The molecule has 3 aromatic rings. The van der Waals surface area contributed by atoms with Crippen LogP contribution in [0.3, 0.4) is 0 Å². The Morgan fingerprint density at radius 3 is 2.00 bits per heavy atom. The fraction of sp³-hybridized carbons (Fsp3) is 0.357. The summed E-state index contributed by atoms with van der Waals surface area (Å²) in [7, 11) is 0. The molecule has 2 fully saturated rings. The minimum Gasteiger partial charge on any atom is -0.489 e. The number of ether oxygens (including phenoxy) is 1. The van der Waals surface area contributed by atoms with Crippen molar-refractivity contribution in [2.45, 2.75) is 33.6 Å². The van der Waals surface area contributed by atoms with E-state index in [1.807, 2.05) is 20.8 Å². The van der Waals surface area contributed by atoms with E-state index in [4.69, 9.17) is 62.7 Å². The maximum absolute atomic E-state index is 12.3. The van der Waals surface area contributed by atoms with Crippen molar-refractivity contribution in [1.29, 1.82) is 0 Å². The predicted molar refractivity (Wildman–Crippen MR) is 162 cm³/mol. The van der Waals surface area contributed by atoms with Gasteiger partial charge >= 0.3 is 6.03 Å². The predicted octanol–water partition coefficient (Wildman–Crippen LogP) is 7.89. The summed E-state index contributed by atoms with van der Waals surface area (Å²) in [6.07, 6.45) is 6.11. The molecule has 2 unspecified atom stereocenters. The zero-order valence-electron chi connectivity index (χ0n) is 22.5. The monoisotopic (exact) mass is 658 g/mol. The second-order valence-electron chi connectivity index (χ2n) is 10.2. The first-order valence-electron chi connectivity index (χ1n) is 12.7. The van der Waals surface area contributed by atoms with Gasteiger partial charge in [-0.2, -0.15) is 0 Å². The van der Waals surface area contributed by atoms with Gasteiger partial charge < -0.3 is 9.64 Å². The highest BCUT2D eigenvalue weighted by molar-refractivity contribution is 6.40. The summed E-state index contributed by atoms with van der Waals surface area (Å²) in [5, 5.41) is 1.94. The summed E-state index contributed by atoms with van der Waals surface area (Å²) in [4.78, 5) is 43.8. The Hall–Kier alpha value is -2.49. The van der Waals surface area contributed by atoms with Gasteiger partial charge in [0.25, 0.3) is 0 Å². The minimum atomic E-state index is -0.557. The van der Waals surface area contributed by atoms with Crippen molar-refractivity contribution >= 4 is 81.5 Å². The Labute approximate surface area is 263 Å². The number of carbonyl (C=O) groups is 3. The Morgan fingerprint density at radius 1 is 0.927 bits per heavy atom. The molecule has 1 saturated carbocycles. The lowest BCUT2D eigenvalue weighted by Crippen LogP contribution is -2.37. The topological polar surface area (TPSA) is 84.7 Å². The SMILES string of the molecule is CC12CC1(C)C(=O)N(c1cc(Cl)cc(Cl)c1)C2=O.CCCN(CCOc1c(Cl)cc(Cl)cc1Cl)C(=O)n1ccnc1. The van der Waals surface area contributed by atoms with E-state index >= 15 is 0 Å². The van der Waals surface area contributed by atoms with Gasteiger partial charge in [0.2, 0.25) is 11.8 Å². The van der Waals surface area contributed by atoms with Gasteiger partial charge in [0.05, 0.1) is 33.1 Å². The zero-order valence-corrected chi connectivity index (χ0v) is 26.2. The number of hydrogen-bond acceptors (Lipinski definition) is 5. The molecule has 8 nitrogen and oxygen atoms in total. The summed E-state index contributed by atoms with van der Waals surface area (Å²) < 4.78 is 7.05. The van der Waals surface area contributed by atoms with Crippen molar-refractivity contribution in [2.24, 2.45) is 10.8 Å². The Morgan fingerprint density at radius 2 is 1.49 bits per heavy atom. The molecule has 1 aliphatic heterocycles. The van der Waals surface area contributed by atoms with Crippen LogP contribution in [0.4, 0.5) is 10.5 Å². The average Bonchev–Trinajstić information content (AvgIpc) is 3.19. The molecular formula is C28H27Cl5N4O4. The van der Waals surface area contributed by atoms with Gasteiger partial charge in [-0.1, -0.05) is 64.9 Å². The second-order valence-corrected chi connectivity index (χ2v) is 12.3. The van der Waals surface area contributed by atoms with E-state index in [2.05, 4.69) is 4.98 Å². The summed E-state index contributed by atoms with van der Waals surface area (Å²) in [5.41, 5.74) is -0.658. The molecule has 13 heteroatoms. The van der Waals surface area contributed by atoms with E-state index in [1.54, 1.807) is 47.6 Å². The number of amides is 3. The molecule has 2 aromatic carbocycles. The van der Waals surface area contributed by atoms with E-state index in [0.29, 0.717) is 56.1 Å². The van der Waals surface area contributed by atoms with Crippen LogP contribution in [-0.4, -0.2) is 52.0 Å². The van der Waals surface area contributed by atoms with Gasteiger partial charge in [0.15, 0.2) is 5.75 Å². The number of imide groups is 1. The van der Waals surface area contributed by atoms with Gasteiger partial charge in [0, 0.05) is 34.0 Å². The van der Waals surface area contributed by atoms with Crippen molar-refractivity contribution in [3.05, 3.63) is 74.2 Å². The number of hydrogen-bond donors (Lipinski definition) is 0. The highest BCUT2D eigenvalue weighted by Crippen LogP contribution is 2.69. The number of halogens is 5. The number of carbonyl (C=O) groups excluding carboxylic acids is 3. The van der Waals surface area contributed by atoms with Gasteiger partial charge in [-0.15, -0.1) is 0 Å². The molecule has 1 saturated heterocycles. The van der Waals surface area contributed by atoms with Crippen molar-refractivity contribution < 1.29 is 19.1 Å². The van der Waals surface area contributed by atoms with E-state index < -0.39 is 10.8 Å². The number of piperidine rings is 1. The summed E-state index contributed by atoms with van der Waals surface area (Å²) in [5.74, 6) is 0.0472. The molecule has 1 aromatic heterocycles. The molecule has 0 spiro atoms. The zero-order chi connectivity index (χ0) is 30.1. The maximum Gasteiger partial charge on any atom is 0.329 e. The summed E-state index contributed by atoms with van der Waals surface area (Å²) in [6, 6.07) is 7.71. The number of anilines is 1. The number of fused-ring (bicyclic) bond motifs is 1. The van der Waals surface area contributed by atoms with Crippen molar-refractivity contribution in [2.75, 3.05) is 24.6 Å². The molecule has 2 atom stereocenters. The molecule has 2 aliphatic rings. The maximum atomic E-state index is 12.3. The van der Waals surface area contributed by atoms with E-state index in [1.165, 1.54) is 15.8 Å². The third kappa shape index (κ3) is 6.32. The molecule has 0 N–H and O–H groups in total. The molecule has 41 heavy (non-hydrogen) atoms. The van der Waals surface area contributed by atoms with Crippen LogP contribution in [0, 0.1) is 10.8 Å². The average molecular weight is 661 g/mol. The lowest BCUT2D eigenvalue weighted by Gasteiger charge is -2.22. The molecular weight excluding hydrogens is 634 g/mol. The lowest BCUT2D eigenvalue weighted by atomic mass is 10.00. The minimum absolute atomic E-state index is 0.152. The molecule has 0 radical (unpaired) electrons. The third-order valence-electron chi connectivity index (χ3n) is 7.32. The normalized spacial score (nSPS) is 20.8. The van der Waals surface area contributed by atoms with Crippen LogP contribution >= 0.6 is 58.0 Å². The first kappa shape index (κ1) is 31.4. The first-order valence-corrected chi connectivity index (χ1v) is 14.6. The number of aromatic nitrogens is 2. The van der Waals surface area contributed by atoms with E-state index in [0.717, 1.165) is 6.42 Å². The fourth-order valence-electron chi connectivity index (χ4n) is 4.81. The van der Waals surface area contributed by atoms with Gasteiger partial charge in [-0.05, 0) is 57.0 Å². The van der Waals surface area contributed by atoms with Crippen LogP contribution in [0.15, 0.2) is 49.1 Å². The first-order chi connectivity index (χ1) is 19.3. The molecule has 0 bridgehead atoms. The van der Waals surface area contributed by atoms with Crippen LogP contribution in [-0.2, 0) is 9.59 Å². The van der Waals surface area contributed by atoms with Crippen LogP contribution < -0.4 is 9.64 Å². The van der Waals surface area contributed by atoms with Crippen LogP contribution in [0.1, 0.15) is 33.6 Å². The summed E-state index contributed by atoms with van der Waals surface area (Å²) in [6.45, 7) is 6.95. The Balaban J connectivity index is 0.000000194. The molecule has 3 amide bonds. The number of rotatable bonds is 7. The van der Waals surface area contributed by atoms with Crippen LogP contribution in [0.2, 0.25) is 25.1 Å². The van der Waals surface area contributed by atoms with Gasteiger partial charge in [-0.25, -0.2) is 14.7 Å². The third-order valence-corrected chi connectivity index (χ3v) is 8.53. The van der Waals surface area contributed by atoms with Crippen molar-refractivity contribution in [3.63, 3.8) is 0 Å². The van der Waals surface area contributed by atoms with Gasteiger partial charge in [-0.3, -0.25) is 14.2 Å². The quantitative estimate of drug-likeness (QED) is 0.241. The van der Waals surface area contributed by atoms with Gasteiger partial charge in [0.1, 0.15) is 12.9 Å². The number of imidazole rings is 1. The van der Waals surface area contributed by atoms with Crippen molar-refractivity contribution in [1.82, 2.24) is 14.5 Å². The molecule has 2 heterocycles. The molecule has 1 aliphatic carbocycles. The van der Waals surface area contributed by atoms with Crippen LogP contribution in [0.25, 0.3) is 0 Å². The number of benzene rings is 2. The Kier molecular flexibility index (Phi) is 9.51. The molecule has 5 rings (SSSR count). The standard InChI is InChI=1S/C15H16Cl3N3O2.C13H11Cl2NO2/c1-2-4-20(15(22)21-5-3-19-10-21)6-7-23-14-12(17)8-11(16)9-13(14)18;1-12-6-13(12,2)11(18)16(10(12)17)9-4-7(14)3-8(15)5-9/h3,5,8-10H,2,4,6-7H2,1H3;3-5H,6H2,1-2H3. The van der Waals surface area contributed by atoms with E-state index in [9.17, 15) is 14.4 Å². The molecule has 218 valence electrons. The number of nitrogens with zero attached hydrogens (tertiary/aromatic N) is 4. The largest absolute Gasteiger partial charge is 0.489 e. The lowest BCUT2D eigenvalue weighted by molar-refractivity contribution is -0.125. The fourth-order valence-corrected chi connectivity index (χ4v) is 6.25. The highest BCUT2D eigenvalue weighted by atomic mass is 35.5. The smallest absolute Gasteiger partial charge is 0.329 e. The van der Waals surface area contributed by atoms with E-state index in [-0.39, 0.29) is 24.5 Å². The second kappa shape index (κ2) is 12.4. The van der Waals surface area contributed by atoms with Crippen molar-refractivity contribution in [3.8, 4) is 5.75 Å². The van der Waals surface area contributed by atoms with Crippen LogP contribution in [0.5, 0.6) is 5.75 Å². The summed E-state index contributed by atoms with van der Waals surface area (Å²) >= 11 is 29.8.